The van der Waals surface area contributed by atoms with Crippen molar-refractivity contribution in [3.63, 3.8) is 0 Å². The molecule has 0 saturated heterocycles. The molecule has 1 aromatic heterocycles. The molecule has 0 N–H and O–H groups in total. The number of hydrogen-bond acceptors (Lipinski definition) is 1. The van der Waals surface area contributed by atoms with Crippen LogP contribution in [0.2, 0.25) is 0 Å². The minimum absolute atomic E-state index is 0.606. The number of fused-ring (bicyclic) bond motifs is 1. The van der Waals surface area contributed by atoms with Crippen molar-refractivity contribution in [2.24, 2.45) is 0 Å². The van der Waals surface area contributed by atoms with E-state index in [0.29, 0.717) is 5.88 Å². The summed E-state index contributed by atoms with van der Waals surface area (Å²) in [4.78, 5) is 0. The van der Waals surface area contributed by atoms with Crippen LogP contribution in [0.1, 0.15) is 18.1 Å². The summed E-state index contributed by atoms with van der Waals surface area (Å²) in [5.41, 5.74) is 2.66. The predicted molar refractivity (Wildman–Crippen MR) is 68.5 cm³/mol. The van der Waals surface area contributed by atoms with Crippen molar-refractivity contribution in [3.8, 4) is 0 Å². The van der Waals surface area contributed by atoms with Crippen molar-refractivity contribution in [2.75, 3.05) is 0 Å². The van der Waals surface area contributed by atoms with E-state index in [1.54, 1.807) is 11.3 Å². The van der Waals surface area contributed by atoms with Crippen molar-refractivity contribution in [3.05, 3.63) is 33.1 Å². The molecule has 14 heavy (non-hydrogen) atoms. The second-order valence-electron chi connectivity index (χ2n) is 3.16. The molecule has 0 unspecified atom stereocenters. The van der Waals surface area contributed by atoms with E-state index in [1.807, 2.05) is 0 Å². The molecule has 0 fully saturated rings. The van der Waals surface area contributed by atoms with E-state index in [4.69, 9.17) is 11.6 Å². The van der Waals surface area contributed by atoms with Crippen LogP contribution in [-0.2, 0) is 12.3 Å². The quantitative estimate of drug-likeness (QED) is 0.685. The Morgan fingerprint density at radius 1 is 1.43 bits per heavy atom. The highest BCUT2D eigenvalue weighted by molar-refractivity contribution is 9.11. The molecule has 1 aromatic carbocycles. The molecule has 0 aliphatic heterocycles. The highest BCUT2D eigenvalue weighted by atomic mass is 79.9. The van der Waals surface area contributed by atoms with E-state index in [9.17, 15) is 0 Å². The van der Waals surface area contributed by atoms with Gasteiger partial charge in [-0.05, 0) is 44.9 Å². The van der Waals surface area contributed by atoms with Gasteiger partial charge in [0, 0.05) is 10.6 Å². The lowest BCUT2D eigenvalue weighted by atomic mass is 10.0. The number of hydrogen-bond donors (Lipinski definition) is 0. The number of aryl methyl sites for hydroxylation is 1. The third kappa shape index (κ3) is 1.71. The van der Waals surface area contributed by atoms with Crippen LogP contribution in [0.3, 0.4) is 0 Å². The first-order valence-electron chi connectivity index (χ1n) is 4.52. The molecule has 0 amide bonds. The largest absolute Gasteiger partial charge is 0.128 e. The van der Waals surface area contributed by atoms with Crippen LogP contribution in [0.25, 0.3) is 10.1 Å². The van der Waals surface area contributed by atoms with Gasteiger partial charge in [-0.25, -0.2) is 0 Å². The van der Waals surface area contributed by atoms with E-state index in [1.165, 1.54) is 25.0 Å². The first kappa shape index (κ1) is 10.5. The zero-order valence-corrected chi connectivity index (χ0v) is 11.0. The summed E-state index contributed by atoms with van der Waals surface area (Å²) in [6.07, 6.45) is 1.05. The Balaban J connectivity index is 2.75. The maximum absolute atomic E-state index is 5.91. The molecule has 2 rings (SSSR count). The van der Waals surface area contributed by atoms with Gasteiger partial charge in [-0.2, -0.15) is 0 Å². The van der Waals surface area contributed by atoms with Crippen LogP contribution < -0.4 is 0 Å². The molecule has 0 atom stereocenters. The molecular weight excluding hydrogens is 280 g/mol. The van der Waals surface area contributed by atoms with Crippen LogP contribution in [0.4, 0.5) is 0 Å². The Morgan fingerprint density at radius 3 is 2.86 bits per heavy atom. The lowest BCUT2D eigenvalue weighted by Gasteiger charge is -2.05. The summed E-state index contributed by atoms with van der Waals surface area (Å²) in [7, 11) is 0. The van der Waals surface area contributed by atoms with Crippen molar-refractivity contribution >= 4 is 49.0 Å². The topological polar surface area (TPSA) is 0 Å². The fraction of sp³-hybridized carbons (Fsp3) is 0.273. The Labute approximate surface area is 101 Å². The highest BCUT2D eigenvalue weighted by Gasteiger charge is 2.07. The monoisotopic (exact) mass is 288 g/mol. The minimum atomic E-state index is 0.606. The normalized spacial score (nSPS) is 11.1. The zero-order chi connectivity index (χ0) is 10.1. The first-order chi connectivity index (χ1) is 6.76. The molecule has 74 valence electrons. The smallest absolute Gasteiger partial charge is 0.0711 e. The summed E-state index contributed by atoms with van der Waals surface area (Å²) < 4.78 is 2.56. The number of halogens is 2. The number of thiophene rings is 1. The van der Waals surface area contributed by atoms with Gasteiger partial charge in [0.1, 0.15) is 0 Å². The molecule has 0 bridgehead atoms. The highest BCUT2D eigenvalue weighted by Crippen LogP contribution is 2.34. The van der Waals surface area contributed by atoms with Gasteiger partial charge in [0.05, 0.1) is 3.79 Å². The predicted octanol–water partition coefficient (Wildman–Crippen LogP) is 4.97. The first-order valence-corrected chi connectivity index (χ1v) is 6.66. The molecule has 0 radical (unpaired) electrons. The molecule has 1 heterocycles. The lowest BCUT2D eigenvalue weighted by molar-refractivity contribution is 1.12. The van der Waals surface area contributed by atoms with Crippen LogP contribution in [0.15, 0.2) is 22.0 Å². The molecule has 0 aliphatic rings. The second-order valence-corrected chi connectivity index (χ2v) is 5.86. The van der Waals surface area contributed by atoms with Crippen molar-refractivity contribution in [2.45, 2.75) is 19.2 Å². The molecule has 0 spiro atoms. The van der Waals surface area contributed by atoms with E-state index in [0.717, 1.165) is 6.42 Å². The molecular formula is C11H10BrClS. The SMILES string of the molecule is CCc1c(CCl)ccc2cc(Br)sc12. The second kappa shape index (κ2) is 4.21. The van der Waals surface area contributed by atoms with Gasteiger partial charge in [0.2, 0.25) is 0 Å². The average Bonchev–Trinajstić information content (AvgIpc) is 2.56. The Hall–Kier alpha value is -0.0500. The van der Waals surface area contributed by atoms with E-state index in [-0.39, 0.29) is 0 Å². The van der Waals surface area contributed by atoms with Gasteiger partial charge >= 0.3 is 0 Å². The van der Waals surface area contributed by atoms with E-state index in [2.05, 4.69) is 41.1 Å². The fourth-order valence-electron chi connectivity index (χ4n) is 1.68. The van der Waals surface area contributed by atoms with Crippen molar-refractivity contribution < 1.29 is 0 Å². The third-order valence-electron chi connectivity index (χ3n) is 2.35. The van der Waals surface area contributed by atoms with Gasteiger partial charge in [-0.15, -0.1) is 22.9 Å². The summed E-state index contributed by atoms with van der Waals surface area (Å²) >= 11 is 11.2. The minimum Gasteiger partial charge on any atom is -0.128 e. The van der Waals surface area contributed by atoms with Gasteiger partial charge in [0.15, 0.2) is 0 Å². The van der Waals surface area contributed by atoms with Crippen LogP contribution in [0.5, 0.6) is 0 Å². The van der Waals surface area contributed by atoms with E-state index < -0.39 is 0 Å². The standard InChI is InChI=1S/C11H10BrClS/c1-2-9-8(6-13)4-3-7-5-10(12)14-11(7)9/h3-5H,2,6H2,1H3. The zero-order valence-electron chi connectivity index (χ0n) is 7.81. The van der Waals surface area contributed by atoms with E-state index >= 15 is 0 Å². The maximum Gasteiger partial charge on any atom is 0.0711 e. The number of rotatable bonds is 2. The number of benzene rings is 1. The lowest BCUT2D eigenvalue weighted by Crippen LogP contribution is -1.88. The Bertz CT molecular complexity index is 462. The molecule has 3 heteroatoms. The molecule has 0 saturated carbocycles. The van der Waals surface area contributed by atoms with Crippen molar-refractivity contribution in [1.29, 1.82) is 0 Å². The molecule has 0 aliphatic carbocycles. The third-order valence-corrected chi connectivity index (χ3v) is 4.36. The van der Waals surface area contributed by atoms with Gasteiger partial charge in [-0.3, -0.25) is 0 Å². The van der Waals surface area contributed by atoms with Crippen LogP contribution >= 0.6 is 38.9 Å². The Kier molecular flexibility index (Phi) is 3.15. The van der Waals surface area contributed by atoms with Crippen molar-refractivity contribution in [1.82, 2.24) is 0 Å². The molecule has 0 nitrogen and oxygen atoms in total. The summed E-state index contributed by atoms with van der Waals surface area (Å²) in [6, 6.07) is 6.44. The van der Waals surface area contributed by atoms with Crippen LogP contribution in [0, 0.1) is 0 Å². The Morgan fingerprint density at radius 2 is 2.21 bits per heavy atom. The number of alkyl halides is 1. The van der Waals surface area contributed by atoms with Crippen LogP contribution in [-0.4, -0.2) is 0 Å². The molecule has 2 aromatic rings. The van der Waals surface area contributed by atoms with Gasteiger partial charge in [-0.1, -0.05) is 19.1 Å². The van der Waals surface area contributed by atoms with Gasteiger partial charge in [0.25, 0.3) is 0 Å². The maximum atomic E-state index is 5.91. The summed E-state index contributed by atoms with van der Waals surface area (Å²) in [6.45, 7) is 2.18. The van der Waals surface area contributed by atoms with Gasteiger partial charge < -0.3 is 0 Å². The summed E-state index contributed by atoms with van der Waals surface area (Å²) in [5.74, 6) is 0.606. The summed E-state index contributed by atoms with van der Waals surface area (Å²) in [5, 5.41) is 1.31. The average molecular weight is 290 g/mol. The fourth-order valence-corrected chi connectivity index (χ4v) is 3.69.